The van der Waals surface area contributed by atoms with E-state index < -0.39 is 12.1 Å². The second kappa shape index (κ2) is 7.28. The molecule has 1 atom stereocenters. The Morgan fingerprint density at radius 3 is 2.79 bits per heavy atom. The van der Waals surface area contributed by atoms with Crippen LogP contribution in [-0.4, -0.2) is 56.5 Å². The predicted octanol–water partition coefficient (Wildman–Crippen LogP) is 0.814. The highest BCUT2D eigenvalue weighted by molar-refractivity contribution is 5.90. The number of likely N-dealkylation sites (N-methyl/N-ethyl adjacent to an activating group) is 1. The summed E-state index contributed by atoms with van der Waals surface area (Å²) in [6, 6.07) is 1.67. The molecule has 1 rings (SSSR count). The normalized spacial score (nSPS) is 12.7. The minimum Gasteiger partial charge on any atom is -0.465 e. The highest BCUT2D eigenvalue weighted by Crippen LogP contribution is 2.17. The molecule has 0 aromatic carbocycles. The lowest BCUT2D eigenvalue weighted by atomic mass is 10.2. The topological polar surface area (TPSA) is 72.1 Å². The largest absolute Gasteiger partial charge is 0.465 e. The Hall–Kier alpha value is -1.37. The Balaban J connectivity index is 2.60. The van der Waals surface area contributed by atoms with Crippen LogP contribution in [0.1, 0.15) is 21.9 Å². The van der Waals surface area contributed by atoms with Gasteiger partial charge in [0.25, 0.3) is 0 Å². The Bertz CT molecular complexity index is 415. The smallest absolute Gasteiger partial charge is 0.341 e. The lowest BCUT2D eigenvalue weighted by Crippen LogP contribution is -2.31. The quantitative estimate of drug-likeness (QED) is 0.740. The van der Waals surface area contributed by atoms with E-state index in [0.29, 0.717) is 30.2 Å². The first-order chi connectivity index (χ1) is 8.97. The van der Waals surface area contributed by atoms with E-state index in [2.05, 4.69) is 4.74 Å². The van der Waals surface area contributed by atoms with E-state index in [1.54, 1.807) is 20.1 Å². The molecular weight excluding hydrogens is 250 g/mol. The van der Waals surface area contributed by atoms with Crippen LogP contribution >= 0.6 is 0 Å². The maximum Gasteiger partial charge on any atom is 0.341 e. The molecular formula is C13H21NO5. The van der Waals surface area contributed by atoms with Crippen LogP contribution in [0.2, 0.25) is 0 Å². The van der Waals surface area contributed by atoms with Crippen LogP contribution in [0.3, 0.4) is 0 Å². The molecule has 1 N–H and O–H groups in total. The molecule has 1 aromatic rings. The Kier molecular flexibility index (Phi) is 6.01. The van der Waals surface area contributed by atoms with Gasteiger partial charge in [-0.25, -0.2) is 4.79 Å². The minimum absolute atomic E-state index is 0.287. The highest BCUT2D eigenvalue weighted by Gasteiger charge is 2.17. The maximum atomic E-state index is 11.4. The first-order valence-corrected chi connectivity index (χ1v) is 6.01. The van der Waals surface area contributed by atoms with E-state index in [4.69, 9.17) is 9.15 Å². The molecule has 19 heavy (non-hydrogen) atoms. The number of carbonyl (C=O) groups is 1. The van der Waals surface area contributed by atoms with Crippen molar-refractivity contribution in [1.29, 1.82) is 0 Å². The molecule has 1 unspecified atom stereocenters. The van der Waals surface area contributed by atoms with Crippen LogP contribution in [0.5, 0.6) is 0 Å². The maximum absolute atomic E-state index is 11.4. The number of aliphatic hydroxyl groups excluding tert-OH is 1. The summed E-state index contributed by atoms with van der Waals surface area (Å²) in [6.45, 7) is 2.96. The number of methoxy groups -OCH3 is 2. The number of ether oxygens (including phenoxy) is 2. The summed E-state index contributed by atoms with van der Waals surface area (Å²) >= 11 is 0. The highest BCUT2D eigenvalue weighted by atomic mass is 16.5. The number of furan rings is 1. The van der Waals surface area contributed by atoms with Gasteiger partial charge in [0, 0.05) is 13.7 Å². The molecule has 1 heterocycles. The van der Waals surface area contributed by atoms with Crippen LogP contribution < -0.4 is 0 Å². The van der Waals surface area contributed by atoms with Gasteiger partial charge in [0.2, 0.25) is 0 Å². The predicted molar refractivity (Wildman–Crippen MR) is 69.0 cm³/mol. The van der Waals surface area contributed by atoms with Gasteiger partial charge >= 0.3 is 5.97 Å². The number of esters is 1. The minimum atomic E-state index is -0.550. The van der Waals surface area contributed by atoms with Crippen molar-refractivity contribution in [3.63, 3.8) is 0 Å². The average molecular weight is 271 g/mol. The summed E-state index contributed by atoms with van der Waals surface area (Å²) < 4.78 is 15.0. The van der Waals surface area contributed by atoms with Gasteiger partial charge in [-0.05, 0) is 20.0 Å². The van der Waals surface area contributed by atoms with E-state index in [-0.39, 0.29) is 6.61 Å². The van der Waals surface area contributed by atoms with Gasteiger partial charge in [-0.3, -0.25) is 4.90 Å². The third kappa shape index (κ3) is 4.66. The third-order valence-corrected chi connectivity index (χ3v) is 2.68. The van der Waals surface area contributed by atoms with Gasteiger partial charge < -0.3 is 19.0 Å². The van der Waals surface area contributed by atoms with Crippen LogP contribution in [0.15, 0.2) is 10.5 Å². The van der Waals surface area contributed by atoms with E-state index in [9.17, 15) is 9.90 Å². The van der Waals surface area contributed by atoms with Crippen molar-refractivity contribution in [3.05, 3.63) is 23.2 Å². The summed E-state index contributed by atoms with van der Waals surface area (Å²) in [5.41, 5.74) is 0.434. The molecule has 108 valence electrons. The van der Waals surface area contributed by atoms with E-state index in [1.165, 1.54) is 7.11 Å². The Labute approximate surface area is 112 Å². The van der Waals surface area contributed by atoms with E-state index in [1.807, 2.05) is 11.9 Å². The average Bonchev–Trinajstić information content (AvgIpc) is 2.69. The number of hydrogen-bond donors (Lipinski definition) is 1. The Morgan fingerprint density at radius 2 is 2.21 bits per heavy atom. The molecule has 0 saturated heterocycles. The zero-order chi connectivity index (χ0) is 14.4. The van der Waals surface area contributed by atoms with Crippen molar-refractivity contribution < 1.29 is 23.8 Å². The monoisotopic (exact) mass is 271 g/mol. The first kappa shape index (κ1) is 15.7. The van der Waals surface area contributed by atoms with Crippen LogP contribution in [-0.2, 0) is 16.0 Å². The molecule has 0 fully saturated rings. The first-order valence-electron chi connectivity index (χ1n) is 6.01. The van der Waals surface area contributed by atoms with Crippen molar-refractivity contribution >= 4 is 5.97 Å². The SMILES string of the molecule is COCC(O)CN(C)Cc1cc(C(=O)OC)c(C)o1. The fourth-order valence-corrected chi connectivity index (χ4v) is 1.87. The molecule has 0 saturated carbocycles. The standard InChI is InChI=1S/C13H21NO5/c1-9-12(13(16)18-4)5-11(19-9)7-14(2)6-10(15)8-17-3/h5,10,15H,6-8H2,1-4H3. The zero-order valence-electron chi connectivity index (χ0n) is 11.8. The molecule has 0 radical (unpaired) electrons. The fraction of sp³-hybridized carbons (Fsp3) is 0.615. The second-order valence-electron chi connectivity index (χ2n) is 4.48. The molecule has 0 aliphatic heterocycles. The van der Waals surface area contributed by atoms with E-state index >= 15 is 0 Å². The van der Waals surface area contributed by atoms with Crippen molar-refractivity contribution in [2.24, 2.45) is 0 Å². The van der Waals surface area contributed by atoms with Gasteiger partial charge in [-0.15, -0.1) is 0 Å². The molecule has 0 aliphatic rings. The third-order valence-electron chi connectivity index (χ3n) is 2.68. The summed E-state index contributed by atoms with van der Waals surface area (Å²) in [5.74, 6) is 0.785. The molecule has 0 aliphatic carbocycles. The van der Waals surface area contributed by atoms with Crippen molar-refractivity contribution in [2.45, 2.75) is 19.6 Å². The Morgan fingerprint density at radius 1 is 1.53 bits per heavy atom. The molecule has 0 bridgehead atoms. The van der Waals surface area contributed by atoms with Gasteiger partial charge in [0.05, 0.1) is 26.4 Å². The van der Waals surface area contributed by atoms with Crippen LogP contribution in [0.4, 0.5) is 0 Å². The van der Waals surface area contributed by atoms with E-state index in [0.717, 1.165) is 0 Å². The molecule has 1 aromatic heterocycles. The fourth-order valence-electron chi connectivity index (χ4n) is 1.87. The lowest BCUT2D eigenvalue weighted by molar-refractivity contribution is 0.0406. The second-order valence-corrected chi connectivity index (χ2v) is 4.48. The van der Waals surface area contributed by atoms with Gasteiger partial charge in [0.1, 0.15) is 17.1 Å². The molecule has 0 spiro atoms. The molecule has 0 amide bonds. The summed E-state index contributed by atoms with van der Waals surface area (Å²) in [6.07, 6.45) is -0.550. The molecule has 6 heteroatoms. The lowest BCUT2D eigenvalue weighted by Gasteiger charge is -2.18. The summed E-state index contributed by atoms with van der Waals surface area (Å²) in [4.78, 5) is 13.3. The zero-order valence-corrected chi connectivity index (χ0v) is 11.8. The van der Waals surface area contributed by atoms with Crippen molar-refractivity contribution in [2.75, 3.05) is 34.4 Å². The van der Waals surface area contributed by atoms with Crippen molar-refractivity contribution in [1.82, 2.24) is 4.90 Å². The number of rotatable bonds is 7. The number of carbonyl (C=O) groups excluding carboxylic acids is 1. The summed E-state index contributed by atoms with van der Waals surface area (Å²) in [7, 11) is 4.73. The van der Waals surface area contributed by atoms with Gasteiger partial charge in [-0.1, -0.05) is 0 Å². The number of aryl methyl sites for hydroxylation is 1. The number of nitrogens with zero attached hydrogens (tertiary/aromatic N) is 1. The number of hydrogen-bond acceptors (Lipinski definition) is 6. The molecule has 6 nitrogen and oxygen atoms in total. The summed E-state index contributed by atoms with van der Waals surface area (Å²) in [5, 5.41) is 9.61. The van der Waals surface area contributed by atoms with Gasteiger partial charge in [0.15, 0.2) is 0 Å². The van der Waals surface area contributed by atoms with Gasteiger partial charge in [-0.2, -0.15) is 0 Å². The van der Waals surface area contributed by atoms with Crippen LogP contribution in [0, 0.1) is 6.92 Å². The van der Waals surface area contributed by atoms with Crippen molar-refractivity contribution in [3.8, 4) is 0 Å². The number of aliphatic hydroxyl groups is 1. The van der Waals surface area contributed by atoms with Crippen LogP contribution in [0.25, 0.3) is 0 Å².